The van der Waals surface area contributed by atoms with Gasteiger partial charge < -0.3 is 15.4 Å². The first-order chi connectivity index (χ1) is 10.2. The van der Waals surface area contributed by atoms with Crippen LogP contribution in [0.5, 0.6) is 0 Å². The highest BCUT2D eigenvalue weighted by Crippen LogP contribution is 2.25. The Morgan fingerprint density at radius 1 is 1.29 bits per heavy atom. The number of aromatic nitrogens is 2. The minimum absolute atomic E-state index is 0.191. The van der Waals surface area contributed by atoms with E-state index in [1.807, 2.05) is 0 Å². The van der Waals surface area contributed by atoms with Crippen molar-refractivity contribution in [3.05, 3.63) is 18.2 Å². The standard InChI is InChI=1S/C15H24N4O2/c20-14-9-19(11-5-3-1-2-4-6-11)8-13(14)18-15(21)12-7-16-10-17-12/h7,10-11,13-14,20H,1-6,8-9H2,(H,16,17)(H,18,21)/t13-,14-/m1/s1. The quantitative estimate of drug-likeness (QED) is 0.723. The molecule has 1 aromatic heterocycles. The second-order valence-electron chi connectivity index (χ2n) is 6.21. The predicted octanol–water partition coefficient (Wildman–Crippen LogP) is 0.907. The van der Waals surface area contributed by atoms with E-state index >= 15 is 0 Å². The molecular formula is C15H24N4O2. The Kier molecular flexibility index (Phi) is 4.55. The van der Waals surface area contributed by atoms with Gasteiger partial charge in [-0.1, -0.05) is 25.7 Å². The van der Waals surface area contributed by atoms with E-state index in [1.54, 1.807) is 0 Å². The molecule has 0 radical (unpaired) electrons. The lowest BCUT2D eigenvalue weighted by Crippen LogP contribution is -2.43. The van der Waals surface area contributed by atoms with Crippen molar-refractivity contribution in [3.63, 3.8) is 0 Å². The molecule has 2 heterocycles. The van der Waals surface area contributed by atoms with E-state index in [1.165, 1.54) is 51.0 Å². The van der Waals surface area contributed by atoms with Gasteiger partial charge in [0.25, 0.3) is 5.91 Å². The molecule has 1 saturated carbocycles. The maximum absolute atomic E-state index is 12.0. The third-order valence-corrected chi connectivity index (χ3v) is 4.72. The van der Waals surface area contributed by atoms with Crippen LogP contribution in [0.25, 0.3) is 0 Å². The number of aliphatic hydroxyl groups excluding tert-OH is 1. The number of β-amino-alcohol motifs (C(OH)–C–C–N with tert-alkyl or cyclic N) is 1. The Morgan fingerprint density at radius 3 is 2.71 bits per heavy atom. The molecule has 116 valence electrons. The zero-order valence-electron chi connectivity index (χ0n) is 12.3. The average Bonchev–Trinajstić information content (AvgIpc) is 3.03. The summed E-state index contributed by atoms with van der Waals surface area (Å²) in [6.07, 6.45) is 10.1. The Hall–Kier alpha value is -1.40. The molecule has 0 bridgehead atoms. The number of nitrogens with zero attached hydrogens (tertiary/aromatic N) is 2. The number of hydrogen-bond acceptors (Lipinski definition) is 4. The Labute approximate surface area is 124 Å². The average molecular weight is 292 g/mol. The van der Waals surface area contributed by atoms with Gasteiger partial charge in [0, 0.05) is 19.1 Å². The first kappa shape index (κ1) is 14.5. The molecule has 2 aliphatic rings. The summed E-state index contributed by atoms with van der Waals surface area (Å²) in [7, 11) is 0. The van der Waals surface area contributed by atoms with E-state index in [0.29, 0.717) is 18.3 Å². The molecule has 21 heavy (non-hydrogen) atoms. The van der Waals surface area contributed by atoms with Crippen LogP contribution in [0.1, 0.15) is 49.0 Å². The fourth-order valence-corrected chi connectivity index (χ4v) is 3.51. The highest BCUT2D eigenvalue weighted by atomic mass is 16.3. The number of nitrogens with one attached hydrogen (secondary N) is 2. The Morgan fingerprint density at radius 2 is 2.05 bits per heavy atom. The zero-order valence-corrected chi connectivity index (χ0v) is 12.3. The molecule has 2 atom stereocenters. The first-order valence-electron chi connectivity index (χ1n) is 7.95. The van der Waals surface area contributed by atoms with Crippen LogP contribution in [0.2, 0.25) is 0 Å². The highest BCUT2D eigenvalue weighted by molar-refractivity contribution is 5.92. The van der Waals surface area contributed by atoms with E-state index in [4.69, 9.17) is 0 Å². The first-order valence-corrected chi connectivity index (χ1v) is 7.95. The zero-order chi connectivity index (χ0) is 14.7. The van der Waals surface area contributed by atoms with E-state index < -0.39 is 6.10 Å². The van der Waals surface area contributed by atoms with Crippen LogP contribution in [0.4, 0.5) is 0 Å². The number of H-pyrrole nitrogens is 1. The number of carbonyl (C=O) groups excluding carboxylic acids is 1. The molecule has 2 fully saturated rings. The summed E-state index contributed by atoms with van der Waals surface area (Å²) in [6.45, 7) is 1.41. The van der Waals surface area contributed by atoms with Gasteiger partial charge in [0.1, 0.15) is 5.69 Å². The number of hydrogen-bond donors (Lipinski definition) is 3. The summed E-state index contributed by atoms with van der Waals surface area (Å²) < 4.78 is 0. The van der Waals surface area contributed by atoms with Crippen molar-refractivity contribution >= 4 is 5.91 Å². The fraction of sp³-hybridized carbons (Fsp3) is 0.733. The normalized spacial score (nSPS) is 28.4. The van der Waals surface area contributed by atoms with Gasteiger partial charge in [-0.05, 0) is 12.8 Å². The van der Waals surface area contributed by atoms with Gasteiger partial charge in [-0.2, -0.15) is 0 Å². The summed E-state index contributed by atoms with van der Waals surface area (Å²) >= 11 is 0. The second kappa shape index (κ2) is 6.58. The molecule has 6 heteroatoms. The van der Waals surface area contributed by atoms with E-state index in [-0.39, 0.29) is 11.9 Å². The van der Waals surface area contributed by atoms with E-state index in [0.717, 1.165) is 6.54 Å². The van der Waals surface area contributed by atoms with E-state index in [9.17, 15) is 9.90 Å². The van der Waals surface area contributed by atoms with Crippen molar-refractivity contribution in [2.75, 3.05) is 13.1 Å². The molecule has 0 unspecified atom stereocenters. The number of imidazole rings is 1. The summed E-state index contributed by atoms with van der Waals surface area (Å²) in [6, 6.07) is 0.375. The second-order valence-corrected chi connectivity index (χ2v) is 6.21. The number of aromatic amines is 1. The summed E-state index contributed by atoms with van der Waals surface area (Å²) in [5, 5.41) is 13.1. The molecule has 0 spiro atoms. The maximum Gasteiger partial charge on any atom is 0.269 e. The van der Waals surface area contributed by atoms with Crippen molar-refractivity contribution in [1.29, 1.82) is 0 Å². The summed E-state index contributed by atoms with van der Waals surface area (Å²) in [5.74, 6) is -0.195. The fourth-order valence-electron chi connectivity index (χ4n) is 3.51. The van der Waals surface area contributed by atoms with Gasteiger partial charge in [-0.15, -0.1) is 0 Å². The van der Waals surface area contributed by atoms with Gasteiger partial charge in [0.2, 0.25) is 0 Å². The van der Waals surface area contributed by atoms with Crippen LogP contribution in [0.3, 0.4) is 0 Å². The predicted molar refractivity (Wildman–Crippen MR) is 78.9 cm³/mol. The van der Waals surface area contributed by atoms with Gasteiger partial charge >= 0.3 is 0 Å². The number of rotatable bonds is 3. The number of likely N-dealkylation sites (tertiary alicyclic amines) is 1. The van der Waals surface area contributed by atoms with Crippen LogP contribution in [-0.2, 0) is 0 Å². The van der Waals surface area contributed by atoms with Crippen molar-refractivity contribution in [2.24, 2.45) is 0 Å². The molecule has 3 N–H and O–H groups in total. The largest absolute Gasteiger partial charge is 0.390 e. The lowest BCUT2D eigenvalue weighted by molar-refractivity contribution is 0.0883. The SMILES string of the molecule is O=C(N[C@@H]1CN(C2CCCCCC2)C[C@H]1O)c1cnc[nH]1. The maximum atomic E-state index is 12.0. The lowest BCUT2D eigenvalue weighted by atomic mass is 10.1. The third kappa shape index (κ3) is 3.44. The van der Waals surface area contributed by atoms with Gasteiger partial charge in [-0.3, -0.25) is 9.69 Å². The lowest BCUT2D eigenvalue weighted by Gasteiger charge is -2.26. The van der Waals surface area contributed by atoms with Crippen molar-refractivity contribution in [1.82, 2.24) is 20.2 Å². The van der Waals surface area contributed by atoms with Crippen LogP contribution in [0, 0.1) is 0 Å². The molecule has 1 aromatic rings. The Bertz CT molecular complexity index is 454. The summed E-state index contributed by atoms with van der Waals surface area (Å²) in [4.78, 5) is 21.0. The van der Waals surface area contributed by atoms with Gasteiger partial charge in [-0.25, -0.2) is 4.98 Å². The number of carbonyl (C=O) groups is 1. The molecule has 1 amide bonds. The highest BCUT2D eigenvalue weighted by Gasteiger charge is 2.36. The van der Waals surface area contributed by atoms with Crippen LogP contribution < -0.4 is 5.32 Å². The van der Waals surface area contributed by atoms with Crippen molar-refractivity contribution in [2.45, 2.75) is 56.7 Å². The molecule has 1 saturated heterocycles. The third-order valence-electron chi connectivity index (χ3n) is 4.72. The summed E-state index contributed by atoms with van der Waals surface area (Å²) in [5.41, 5.74) is 0.440. The van der Waals surface area contributed by atoms with Gasteiger partial charge in [0.05, 0.1) is 24.7 Å². The smallest absolute Gasteiger partial charge is 0.269 e. The molecular weight excluding hydrogens is 268 g/mol. The monoisotopic (exact) mass is 292 g/mol. The minimum Gasteiger partial charge on any atom is -0.390 e. The molecule has 1 aliphatic heterocycles. The molecule has 3 rings (SSSR count). The van der Waals surface area contributed by atoms with Crippen molar-refractivity contribution < 1.29 is 9.90 Å². The minimum atomic E-state index is -0.486. The number of aliphatic hydroxyl groups is 1. The van der Waals surface area contributed by atoms with Crippen LogP contribution >= 0.6 is 0 Å². The Balaban J connectivity index is 1.56. The molecule has 1 aliphatic carbocycles. The van der Waals surface area contributed by atoms with Crippen LogP contribution in [0.15, 0.2) is 12.5 Å². The molecule has 6 nitrogen and oxygen atoms in total. The van der Waals surface area contributed by atoms with Gasteiger partial charge in [0.15, 0.2) is 0 Å². The van der Waals surface area contributed by atoms with E-state index in [2.05, 4.69) is 20.2 Å². The van der Waals surface area contributed by atoms with Crippen LogP contribution in [-0.4, -0.2) is 57.2 Å². The topological polar surface area (TPSA) is 81.2 Å². The van der Waals surface area contributed by atoms with Crippen molar-refractivity contribution in [3.8, 4) is 0 Å². The number of amides is 1. The molecule has 0 aromatic carbocycles.